The lowest BCUT2D eigenvalue weighted by Gasteiger charge is -2.29. The van der Waals surface area contributed by atoms with Crippen LogP contribution in [0, 0.1) is 0 Å². The lowest BCUT2D eigenvalue weighted by Crippen LogP contribution is -2.39. The average molecular weight is 417 g/mol. The molecule has 0 bridgehead atoms. The molecule has 0 atom stereocenters. The lowest BCUT2D eigenvalue weighted by atomic mass is 10.1. The van der Waals surface area contributed by atoms with Crippen LogP contribution in [0.3, 0.4) is 0 Å². The van der Waals surface area contributed by atoms with Gasteiger partial charge in [-0.1, -0.05) is 11.3 Å². The SMILES string of the molecule is Cl.NC1CCN(Cc2coc3cc(Oc4nc5ncccc5s4)ccc23)CC1. The predicted molar refractivity (Wildman–Crippen MR) is 113 cm³/mol. The second kappa shape index (κ2) is 8.05. The molecule has 6 nitrogen and oxygen atoms in total. The Morgan fingerprint density at radius 2 is 2.11 bits per heavy atom. The normalized spacial score (nSPS) is 15.8. The van der Waals surface area contributed by atoms with E-state index in [4.69, 9.17) is 14.9 Å². The number of ether oxygens (including phenoxy) is 1. The number of benzene rings is 1. The number of aromatic nitrogens is 2. The number of furan rings is 1. The van der Waals surface area contributed by atoms with Crippen LogP contribution in [0.4, 0.5) is 0 Å². The molecule has 1 aliphatic heterocycles. The topological polar surface area (TPSA) is 77.4 Å². The number of likely N-dealkylation sites (tertiary alicyclic amines) is 1. The van der Waals surface area contributed by atoms with E-state index in [1.165, 1.54) is 16.9 Å². The highest BCUT2D eigenvalue weighted by atomic mass is 35.5. The zero-order chi connectivity index (χ0) is 18.2. The molecule has 1 fully saturated rings. The standard InChI is InChI=1S/C20H20N4O2S.ClH/c21-14-5-8-24(9-6-14)11-13-12-25-17-10-15(3-4-16(13)17)26-20-23-19-18(27-20)2-1-7-22-19;/h1-4,7,10,12,14H,5-6,8-9,11,21H2;1H. The van der Waals surface area contributed by atoms with E-state index in [2.05, 4.69) is 20.9 Å². The number of nitrogens with two attached hydrogens (primary N) is 1. The Morgan fingerprint density at radius 3 is 2.93 bits per heavy atom. The van der Waals surface area contributed by atoms with E-state index < -0.39 is 0 Å². The number of piperidine rings is 1. The number of hydrogen-bond donors (Lipinski definition) is 1. The maximum Gasteiger partial charge on any atom is 0.281 e. The molecule has 0 spiro atoms. The number of nitrogens with zero attached hydrogens (tertiary/aromatic N) is 3. The molecule has 0 radical (unpaired) electrons. The summed E-state index contributed by atoms with van der Waals surface area (Å²) < 4.78 is 12.7. The Kier molecular flexibility index (Phi) is 5.50. The van der Waals surface area contributed by atoms with Crippen molar-refractivity contribution >= 4 is 45.1 Å². The van der Waals surface area contributed by atoms with Crippen molar-refractivity contribution in [3.63, 3.8) is 0 Å². The molecule has 4 heterocycles. The van der Waals surface area contributed by atoms with E-state index in [-0.39, 0.29) is 12.4 Å². The molecule has 8 heteroatoms. The third-order valence-corrected chi connectivity index (χ3v) is 5.89. The zero-order valence-corrected chi connectivity index (χ0v) is 16.8. The van der Waals surface area contributed by atoms with Gasteiger partial charge in [-0.05, 0) is 50.2 Å². The first-order valence-electron chi connectivity index (χ1n) is 9.12. The lowest BCUT2D eigenvalue weighted by molar-refractivity contribution is 0.206. The van der Waals surface area contributed by atoms with Gasteiger partial charge in [-0.25, -0.2) is 4.98 Å². The van der Waals surface area contributed by atoms with Gasteiger partial charge in [0, 0.05) is 35.8 Å². The van der Waals surface area contributed by atoms with Crippen molar-refractivity contribution in [3.05, 3.63) is 48.4 Å². The smallest absolute Gasteiger partial charge is 0.281 e. The summed E-state index contributed by atoms with van der Waals surface area (Å²) in [7, 11) is 0. The quantitative estimate of drug-likeness (QED) is 0.524. The number of thiazole rings is 1. The summed E-state index contributed by atoms with van der Waals surface area (Å²) in [6.07, 6.45) is 5.71. The van der Waals surface area contributed by atoms with Crippen molar-refractivity contribution < 1.29 is 9.15 Å². The minimum atomic E-state index is 0. The molecule has 4 aromatic rings. The van der Waals surface area contributed by atoms with Crippen LogP contribution in [0.5, 0.6) is 10.9 Å². The van der Waals surface area contributed by atoms with Crippen LogP contribution < -0.4 is 10.5 Å². The molecule has 0 amide bonds. The summed E-state index contributed by atoms with van der Waals surface area (Å²) in [6, 6.07) is 10.2. The van der Waals surface area contributed by atoms with Crippen LogP contribution in [0.25, 0.3) is 21.3 Å². The first-order chi connectivity index (χ1) is 13.2. The molecule has 0 saturated carbocycles. The molecule has 3 aromatic heterocycles. The van der Waals surface area contributed by atoms with Crippen molar-refractivity contribution in [2.75, 3.05) is 13.1 Å². The molecule has 1 aromatic carbocycles. The summed E-state index contributed by atoms with van der Waals surface area (Å²) in [5.74, 6) is 0.714. The van der Waals surface area contributed by atoms with Gasteiger partial charge in [-0.15, -0.1) is 12.4 Å². The molecule has 0 unspecified atom stereocenters. The van der Waals surface area contributed by atoms with Crippen LogP contribution in [0.15, 0.2) is 47.2 Å². The number of fused-ring (bicyclic) bond motifs is 2. The van der Waals surface area contributed by atoms with Crippen molar-refractivity contribution in [1.82, 2.24) is 14.9 Å². The second-order valence-corrected chi connectivity index (χ2v) is 7.93. The van der Waals surface area contributed by atoms with Crippen LogP contribution in [0.1, 0.15) is 18.4 Å². The average Bonchev–Trinajstić information content (AvgIpc) is 3.27. The van der Waals surface area contributed by atoms with Gasteiger partial charge in [-0.2, -0.15) is 4.98 Å². The predicted octanol–water partition coefficient (Wildman–Crippen LogP) is 4.57. The van der Waals surface area contributed by atoms with Crippen molar-refractivity contribution in [2.45, 2.75) is 25.4 Å². The van der Waals surface area contributed by atoms with Gasteiger partial charge < -0.3 is 14.9 Å². The van der Waals surface area contributed by atoms with Gasteiger partial charge in [0.15, 0.2) is 5.65 Å². The highest BCUT2D eigenvalue weighted by Gasteiger charge is 2.18. The Labute approximate surface area is 172 Å². The van der Waals surface area contributed by atoms with Crippen LogP contribution in [-0.4, -0.2) is 34.0 Å². The van der Waals surface area contributed by atoms with E-state index in [0.717, 1.165) is 48.1 Å². The highest BCUT2D eigenvalue weighted by molar-refractivity contribution is 7.20. The Balaban J connectivity index is 0.00000192. The largest absolute Gasteiger partial charge is 0.464 e. The first kappa shape index (κ1) is 19.1. The van der Waals surface area contributed by atoms with Gasteiger partial charge >= 0.3 is 0 Å². The Morgan fingerprint density at radius 1 is 1.25 bits per heavy atom. The molecule has 5 rings (SSSR count). The number of halogens is 1. The summed E-state index contributed by atoms with van der Waals surface area (Å²) >= 11 is 1.48. The number of hydrogen-bond acceptors (Lipinski definition) is 7. The molecular formula is C20H21ClN4O2S. The summed E-state index contributed by atoms with van der Waals surface area (Å²) in [4.78, 5) is 11.1. The maximum absolute atomic E-state index is 6.00. The van der Waals surface area contributed by atoms with Gasteiger partial charge in [0.05, 0.1) is 11.0 Å². The van der Waals surface area contributed by atoms with Crippen molar-refractivity contribution in [2.24, 2.45) is 5.73 Å². The molecule has 146 valence electrons. The number of rotatable bonds is 4. The first-order valence-corrected chi connectivity index (χ1v) is 9.94. The minimum Gasteiger partial charge on any atom is -0.464 e. The molecule has 0 aliphatic carbocycles. The molecule has 1 saturated heterocycles. The fraction of sp³-hybridized carbons (Fsp3) is 0.300. The van der Waals surface area contributed by atoms with Gasteiger partial charge in [0.1, 0.15) is 11.3 Å². The van der Waals surface area contributed by atoms with E-state index in [1.807, 2.05) is 30.5 Å². The summed E-state index contributed by atoms with van der Waals surface area (Å²) in [6.45, 7) is 2.98. The Hall–Kier alpha value is -2.19. The zero-order valence-electron chi connectivity index (χ0n) is 15.2. The van der Waals surface area contributed by atoms with Crippen molar-refractivity contribution in [3.8, 4) is 10.9 Å². The van der Waals surface area contributed by atoms with Crippen LogP contribution in [-0.2, 0) is 6.54 Å². The second-order valence-electron chi connectivity index (χ2n) is 6.94. The van der Waals surface area contributed by atoms with E-state index in [1.54, 1.807) is 6.20 Å². The number of pyridine rings is 1. The molecule has 1 aliphatic rings. The van der Waals surface area contributed by atoms with E-state index in [0.29, 0.717) is 22.6 Å². The van der Waals surface area contributed by atoms with Crippen molar-refractivity contribution in [1.29, 1.82) is 0 Å². The monoisotopic (exact) mass is 416 g/mol. The van der Waals surface area contributed by atoms with E-state index in [9.17, 15) is 0 Å². The molecule has 28 heavy (non-hydrogen) atoms. The van der Waals surface area contributed by atoms with Crippen LogP contribution >= 0.6 is 23.7 Å². The summed E-state index contributed by atoms with van der Waals surface area (Å²) in [5, 5.41) is 1.71. The minimum absolute atomic E-state index is 0. The molecular weight excluding hydrogens is 396 g/mol. The Bertz CT molecular complexity index is 1060. The maximum atomic E-state index is 6.00. The summed E-state index contributed by atoms with van der Waals surface area (Å²) in [5.41, 5.74) is 8.74. The third kappa shape index (κ3) is 3.84. The third-order valence-electron chi connectivity index (χ3n) is 5.00. The van der Waals surface area contributed by atoms with Gasteiger partial charge in [-0.3, -0.25) is 4.90 Å². The van der Waals surface area contributed by atoms with Crippen LogP contribution in [0.2, 0.25) is 0 Å². The van der Waals surface area contributed by atoms with Gasteiger partial charge in [0.2, 0.25) is 0 Å². The fourth-order valence-corrected chi connectivity index (χ4v) is 4.29. The molecule has 2 N–H and O–H groups in total. The van der Waals surface area contributed by atoms with E-state index >= 15 is 0 Å². The van der Waals surface area contributed by atoms with Gasteiger partial charge in [0.25, 0.3) is 5.19 Å². The highest BCUT2D eigenvalue weighted by Crippen LogP contribution is 2.33. The fourth-order valence-electron chi connectivity index (χ4n) is 3.50.